The number of hydrogen-bond donors (Lipinski definition) is 3. The Kier molecular flexibility index (Phi) is 4.65. The van der Waals surface area contributed by atoms with Crippen LogP contribution in [0.4, 0.5) is 5.69 Å². The molecular weight excluding hydrogens is 288 g/mol. The standard InChI is InChI=1S/C15H18N4O.ClH/c1-9-4-3-5-10(2)13(9)17-15(20)14-11-8-16-7-6-12(11)18-19-14;/h3-5,16H,6-8H2,1-2H3,(H,17,20)(H,18,19);1H. The third-order valence-corrected chi connectivity index (χ3v) is 3.74. The lowest BCUT2D eigenvalue weighted by molar-refractivity contribution is 0.102. The molecule has 0 saturated heterocycles. The number of carbonyl (C=O) groups is 1. The van der Waals surface area contributed by atoms with Gasteiger partial charge < -0.3 is 10.6 Å². The maximum Gasteiger partial charge on any atom is 0.276 e. The Morgan fingerprint density at radius 3 is 2.71 bits per heavy atom. The van der Waals surface area contributed by atoms with Crippen LogP contribution in [0.5, 0.6) is 0 Å². The number of aromatic amines is 1. The average Bonchev–Trinajstić information content (AvgIpc) is 2.87. The summed E-state index contributed by atoms with van der Waals surface area (Å²) in [7, 11) is 0. The summed E-state index contributed by atoms with van der Waals surface area (Å²) < 4.78 is 0. The van der Waals surface area contributed by atoms with Crippen LogP contribution in [0.3, 0.4) is 0 Å². The first-order valence-electron chi connectivity index (χ1n) is 6.81. The van der Waals surface area contributed by atoms with Gasteiger partial charge in [0.2, 0.25) is 0 Å². The molecule has 0 saturated carbocycles. The number of anilines is 1. The molecule has 3 N–H and O–H groups in total. The number of nitrogens with zero attached hydrogens (tertiary/aromatic N) is 1. The minimum Gasteiger partial charge on any atom is -0.320 e. The highest BCUT2D eigenvalue weighted by atomic mass is 35.5. The van der Waals surface area contributed by atoms with Crippen molar-refractivity contribution in [1.82, 2.24) is 15.5 Å². The number of halogens is 1. The van der Waals surface area contributed by atoms with Crippen LogP contribution in [0, 0.1) is 13.8 Å². The van der Waals surface area contributed by atoms with Gasteiger partial charge in [0, 0.05) is 36.5 Å². The first-order valence-corrected chi connectivity index (χ1v) is 6.81. The summed E-state index contributed by atoms with van der Waals surface area (Å²) in [6.45, 7) is 5.60. The molecule has 5 nitrogen and oxygen atoms in total. The summed E-state index contributed by atoms with van der Waals surface area (Å²) in [6.07, 6.45) is 0.888. The largest absolute Gasteiger partial charge is 0.320 e. The van der Waals surface area contributed by atoms with E-state index in [1.807, 2.05) is 32.0 Å². The van der Waals surface area contributed by atoms with E-state index in [1.165, 1.54) is 0 Å². The molecule has 2 aromatic rings. The molecule has 0 unspecified atom stereocenters. The normalized spacial score (nSPS) is 13.2. The molecule has 1 amide bonds. The minimum atomic E-state index is -0.149. The second-order valence-corrected chi connectivity index (χ2v) is 5.18. The summed E-state index contributed by atoms with van der Waals surface area (Å²) in [5.41, 5.74) is 5.53. The first kappa shape index (κ1) is 15.5. The third kappa shape index (κ3) is 2.94. The van der Waals surface area contributed by atoms with Gasteiger partial charge in [-0.2, -0.15) is 5.10 Å². The molecule has 21 heavy (non-hydrogen) atoms. The highest BCUT2D eigenvalue weighted by Gasteiger charge is 2.22. The number of para-hydroxylation sites is 1. The Bertz CT molecular complexity index is 645. The third-order valence-electron chi connectivity index (χ3n) is 3.74. The summed E-state index contributed by atoms with van der Waals surface area (Å²) in [5.74, 6) is -0.149. The van der Waals surface area contributed by atoms with E-state index in [0.717, 1.165) is 41.0 Å². The molecule has 0 atom stereocenters. The number of benzene rings is 1. The van der Waals surface area contributed by atoms with Gasteiger partial charge in [-0.15, -0.1) is 12.4 Å². The van der Waals surface area contributed by atoms with E-state index in [4.69, 9.17) is 0 Å². The summed E-state index contributed by atoms with van der Waals surface area (Å²) in [5, 5.41) is 13.4. The van der Waals surface area contributed by atoms with Crippen molar-refractivity contribution in [1.29, 1.82) is 0 Å². The van der Waals surface area contributed by atoms with Gasteiger partial charge in [-0.05, 0) is 25.0 Å². The van der Waals surface area contributed by atoms with E-state index < -0.39 is 0 Å². The van der Waals surface area contributed by atoms with E-state index in [2.05, 4.69) is 20.8 Å². The van der Waals surface area contributed by atoms with Crippen molar-refractivity contribution in [2.24, 2.45) is 0 Å². The maximum atomic E-state index is 12.4. The fourth-order valence-corrected chi connectivity index (χ4v) is 2.60. The van der Waals surface area contributed by atoms with E-state index >= 15 is 0 Å². The molecule has 0 fully saturated rings. The average molecular weight is 307 g/mol. The highest BCUT2D eigenvalue weighted by molar-refractivity contribution is 6.04. The fourth-order valence-electron chi connectivity index (χ4n) is 2.60. The van der Waals surface area contributed by atoms with Gasteiger partial charge in [0.05, 0.1) is 0 Å². The van der Waals surface area contributed by atoms with Gasteiger partial charge in [0.15, 0.2) is 5.69 Å². The first-order chi connectivity index (χ1) is 9.66. The van der Waals surface area contributed by atoms with Crippen molar-refractivity contribution in [2.45, 2.75) is 26.8 Å². The van der Waals surface area contributed by atoms with Gasteiger partial charge in [-0.1, -0.05) is 18.2 Å². The van der Waals surface area contributed by atoms with Crippen molar-refractivity contribution in [3.05, 3.63) is 46.3 Å². The van der Waals surface area contributed by atoms with Crippen LogP contribution in [0.25, 0.3) is 0 Å². The van der Waals surface area contributed by atoms with Crippen LogP contribution >= 0.6 is 12.4 Å². The van der Waals surface area contributed by atoms with E-state index in [0.29, 0.717) is 12.2 Å². The zero-order valence-corrected chi connectivity index (χ0v) is 12.9. The lowest BCUT2D eigenvalue weighted by Crippen LogP contribution is -2.25. The predicted octanol–water partition coefficient (Wildman–Crippen LogP) is 2.35. The zero-order chi connectivity index (χ0) is 14.1. The van der Waals surface area contributed by atoms with Crippen molar-refractivity contribution >= 4 is 24.0 Å². The number of rotatable bonds is 2. The van der Waals surface area contributed by atoms with E-state index in [9.17, 15) is 4.79 Å². The van der Waals surface area contributed by atoms with E-state index in [1.54, 1.807) is 0 Å². The second-order valence-electron chi connectivity index (χ2n) is 5.18. The smallest absolute Gasteiger partial charge is 0.276 e. The monoisotopic (exact) mass is 306 g/mol. The number of nitrogens with one attached hydrogen (secondary N) is 3. The maximum absolute atomic E-state index is 12.4. The molecule has 2 heterocycles. The number of amides is 1. The van der Waals surface area contributed by atoms with Crippen molar-refractivity contribution < 1.29 is 4.79 Å². The second kappa shape index (κ2) is 6.28. The fraction of sp³-hybridized carbons (Fsp3) is 0.333. The van der Waals surface area contributed by atoms with Gasteiger partial charge in [-0.25, -0.2) is 0 Å². The Labute approximate surface area is 129 Å². The number of aromatic nitrogens is 2. The van der Waals surface area contributed by atoms with Crippen LogP contribution in [0.1, 0.15) is 32.9 Å². The molecule has 0 radical (unpaired) electrons. The number of fused-ring (bicyclic) bond motifs is 1. The minimum absolute atomic E-state index is 0. The molecular formula is C15H19ClN4O. The lowest BCUT2D eigenvalue weighted by atomic mass is 10.1. The lowest BCUT2D eigenvalue weighted by Gasteiger charge is -2.14. The number of H-pyrrole nitrogens is 1. The Morgan fingerprint density at radius 1 is 1.29 bits per heavy atom. The number of aryl methyl sites for hydroxylation is 2. The number of carbonyl (C=O) groups excluding carboxylic acids is 1. The Morgan fingerprint density at radius 2 is 2.00 bits per heavy atom. The van der Waals surface area contributed by atoms with Crippen molar-refractivity contribution in [3.63, 3.8) is 0 Å². The quantitative estimate of drug-likeness (QED) is 0.797. The van der Waals surface area contributed by atoms with Gasteiger partial charge >= 0.3 is 0 Å². The van der Waals surface area contributed by atoms with Crippen LogP contribution in [0.15, 0.2) is 18.2 Å². The molecule has 0 bridgehead atoms. The molecule has 3 rings (SSSR count). The van der Waals surface area contributed by atoms with Crippen molar-refractivity contribution in [3.8, 4) is 0 Å². The predicted molar refractivity (Wildman–Crippen MR) is 85.1 cm³/mol. The number of hydrogen-bond acceptors (Lipinski definition) is 3. The van der Waals surface area contributed by atoms with Gasteiger partial charge in [0.25, 0.3) is 5.91 Å². The Balaban J connectivity index is 0.00000161. The topological polar surface area (TPSA) is 69.8 Å². The molecule has 1 aromatic heterocycles. The van der Waals surface area contributed by atoms with Crippen LogP contribution in [0.2, 0.25) is 0 Å². The van der Waals surface area contributed by atoms with Crippen LogP contribution in [-0.4, -0.2) is 22.6 Å². The van der Waals surface area contributed by atoms with Crippen molar-refractivity contribution in [2.75, 3.05) is 11.9 Å². The van der Waals surface area contributed by atoms with Gasteiger partial charge in [0.1, 0.15) is 0 Å². The molecule has 0 aliphatic carbocycles. The molecule has 1 aromatic carbocycles. The molecule has 1 aliphatic heterocycles. The van der Waals surface area contributed by atoms with Crippen LogP contribution in [-0.2, 0) is 13.0 Å². The van der Waals surface area contributed by atoms with E-state index in [-0.39, 0.29) is 18.3 Å². The van der Waals surface area contributed by atoms with Gasteiger partial charge in [-0.3, -0.25) is 9.89 Å². The Hall–Kier alpha value is -1.85. The molecule has 1 aliphatic rings. The molecule has 0 spiro atoms. The highest BCUT2D eigenvalue weighted by Crippen LogP contribution is 2.22. The summed E-state index contributed by atoms with van der Waals surface area (Å²) >= 11 is 0. The van der Waals surface area contributed by atoms with Crippen LogP contribution < -0.4 is 10.6 Å². The molecule has 112 valence electrons. The molecule has 6 heteroatoms. The summed E-state index contributed by atoms with van der Waals surface area (Å²) in [6, 6.07) is 5.97. The SMILES string of the molecule is Cc1cccc(C)c1NC(=O)c1n[nH]c2c1CNCC2.Cl. The summed E-state index contributed by atoms with van der Waals surface area (Å²) in [4.78, 5) is 12.4. The zero-order valence-electron chi connectivity index (χ0n) is 12.1.